The molecule has 2 N–H and O–H groups in total. The molecule has 2 aliphatic rings. The van der Waals surface area contributed by atoms with Crippen molar-refractivity contribution in [3.63, 3.8) is 0 Å². The normalized spacial score (nSPS) is 23.0. The number of primary amides is 1. The van der Waals surface area contributed by atoms with Crippen LogP contribution < -0.4 is 5.73 Å². The van der Waals surface area contributed by atoms with Gasteiger partial charge in [-0.25, -0.2) is 0 Å². The summed E-state index contributed by atoms with van der Waals surface area (Å²) in [5.74, 6) is 0.0299. The van der Waals surface area contributed by atoms with Crippen LogP contribution in [0.2, 0.25) is 0 Å². The zero-order valence-electron chi connectivity index (χ0n) is 11.2. The third-order valence-corrected chi connectivity index (χ3v) is 4.47. The number of amides is 2. The summed E-state index contributed by atoms with van der Waals surface area (Å²) in [6, 6.07) is 2.25. The lowest BCUT2D eigenvalue weighted by atomic mass is 9.84. The van der Waals surface area contributed by atoms with Gasteiger partial charge >= 0.3 is 0 Å². The van der Waals surface area contributed by atoms with Gasteiger partial charge in [-0.1, -0.05) is 12.8 Å². The van der Waals surface area contributed by atoms with E-state index < -0.39 is 5.41 Å². The number of hydrogen-bond donors (Lipinski definition) is 1. The molecule has 1 saturated heterocycles. The highest BCUT2D eigenvalue weighted by Gasteiger charge is 2.44. The number of carbonyl (C=O) groups excluding carboxylic acids is 2. The molecular weight excluding hydrogens is 242 g/mol. The summed E-state index contributed by atoms with van der Waals surface area (Å²) in [5.41, 5.74) is 4.43. The van der Waals surface area contributed by atoms with Crippen LogP contribution in [0.1, 0.15) is 44.9 Å². The van der Waals surface area contributed by atoms with E-state index in [1.165, 1.54) is 0 Å². The van der Waals surface area contributed by atoms with Gasteiger partial charge in [-0.05, 0) is 31.6 Å². The summed E-state index contributed by atoms with van der Waals surface area (Å²) in [7, 11) is 0. The summed E-state index contributed by atoms with van der Waals surface area (Å²) < 4.78 is 0. The number of nitrogens with two attached hydrogens (primary N) is 1. The van der Waals surface area contributed by atoms with Crippen molar-refractivity contribution in [2.75, 3.05) is 13.1 Å². The van der Waals surface area contributed by atoms with Crippen molar-refractivity contribution in [3.8, 4) is 6.07 Å². The minimum atomic E-state index is -0.767. The number of nitrogens with zero attached hydrogens (tertiary/aromatic N) is 2. The van der Waals surface area contributed by atoms with Crippen LogP contribution in [0, 0.1) is 22.7 Å². The van der Waals surface area contributed by atoms with E-state index in [0.29, 0.717) is 38.3 Å². The molecule has 0 aromatic heterocycles. The molecule has 2 fully saturated rings. The van der Waals surface area contributed by atoms with Crippen molar-refractivity contribution in [3.05, 3.63) is 0 Å². The van der Waals surface area contributed by atoms with Gasteiger partial charge in [0, 0.05) is 19.5 Å². The van der Waals surface area contributed by atoms with E-state index >= 15 is 0 Å². The number of rotatable bonds is 3. The average molecular weight is 263 g/mol. The maximum Gasteiger partial charge on any atom is 0.243 e. The number of piperidine rings is 1. The molecular formula is C14H21N3O2. The second-order valence-electron chi connectivity index (χ2n) is 5.81. The first kappa shape index (κ1) is 13.9. The van der Waals surface area contributed by atoms with Crippen LogP contribution >= 0.6 is 0 Å². The topological polar surface area (TPSA) is 87.2 Å². The molecule has 0 bridgehead atoms. The molecule has 0 unspecified atom stereocenters. The molecule has 19 heavy (non-hydrogen) atoms. The van der Waals surface area contributed by atoms with Crippen LogP contribution in [0.5, 0.6) is 0 Å². The third kappa shape index (κ3) is 2.89. The summed E-state index contributed by atoms with van der Waals surface area (Å²) >= 11 is 0. The Bertz CT molecular complexity index is 399. The highest BCUT2D eigenvalue weighted by atomic mass is 16.2. The number of nitriles is 1. The van der Waals surface area contributed by atoms with Gasteiger partial charge in [0.05, 0.1) is 6.07 Å². The Morgan fingerprint density at radius 1 is 1.26 bits per heavy atom. The molecule has 1 saturated carbocycles. The van der Waals surface area contributed by atoms with Crippen LogP contribution in [0.3, 0.4) is 0 Å². The van der Waals surface area contributed by atoms with E-state index in [0.717, 1.165) is 25.7 Å². The Morgan fingerprint density at radius 3 is 2.32 bits per heavy atom. The summed E-state index contributed by atoms with van der Waals surface area (Å²) in [4.78, 5) is 25.2. The molecule has 1 aliphatic carbocycles. The van der Waals surface area contributed by atoms with Gasteiger partial charge in [-0.15, -0.1) is 0 Å². The molecule has 0 spiro atoms. The van der Waals surface area contributed by atoms with Gasteiger partial charge in [-0.3, -0.25) is 9.59 Å². The molecule has 1 aliphatic heterocycles. The zero-order valence-corrected chi connectivity index (χ0v) is 11.2. The second-order valence-corrected chi connectivity index (χ2v) is 5.81. The monoisotopic (exact) mass is 263 g/mol. The average Bonchev–Trinajstić information content (AvgIpc) is 2.88. The third-order valence-electron chi connectivity index (χ3n) is 4.47. The van der Waals surface area contributed by atoms with Gasteiger partial charge in [0.15, 0.2) is 0 Å². The Balaban J connectivity index is 1.92. The fraction of sp³-hybridized carbons (Fsp3) is 0.786. The molecule has 1 heterocycles. The first-order valence-electron chi connectivity index (χ1n) is 7.06. The predicted molar refractivity (Wildman–Crippen MR) is 69.6 cm³/mol. The maximum atomic E-state index is 12.5. The van der Waals surface area contributed by atoms with Crippen molar-refractivity contribution in [1.82, 2.24) is 4.90 Å². The number of hydrogen-bond acceptors (Lipinski definition) is 3. The Hall–Kier alpha value is -1.57. The van der Waals surface area contributed by atoms with Gasteiger partial charge in [-0.2, -0.15) is 5.26 Å². The van der Waals surface area contributed by atoms with Crippen LogP contribution in [0.25, 0.3) is 0 Å². The second kappa shape index (κ2) is 5.60. The molecule has 0 atom stereocenters. The fourth-order valence-electron chi connectivity index (χ4n) is 3.28. The highest BCUT2D eigenvalue weighted by Crippen LogP contribution is 2.39. The fourth-order valence-corrected chi connectivity index (χ4v) is 3.28. The smallest absolute Gasteiger partial charge is 0.243 e. The van der Waals surface area contributed by atoms with Gasteiger partial charge in [0.1, 0.15) is 5.41 Å². The minimum Gasteiger partial charge on any atom is -0.370 e. The van der Waals surface area contributed by atoms with Crippen LogP contribution in [-0.4, -0.2) is 29.8 Å². The van der Waals surface area contributed by atoms with Gasteiger partial charge in [0.25, 0.3) is 0 Å². The van der Waals surface area contributed by atoms with Crippen molar-refractivity contribution in [2.45, 2.75) is 44.9 Å². The lowest BCUT2D eigenvalue weighted by Gasteiger charge is -2.35. The van der Waals surface area contributed by atoms with E-state index in [9.17, 15) is 14.9 Å². The van der Waals surface area contributed by atoms with Crippen LogP contribution in [-0.2, 0) is 9.59 Å². The Labute approximate surface area is 113 Å². The molecule has 2 amide bonds. The zero-order chi connectivity index (χ0) is 13.9. The molecule has 0 radical (unpaired) electrons. The molecule has 0 aromatic carbocycles. The lowest BCUT2D eigenvalue weighted by Crippen LogP contribution is -2.46. The molecule has 2 rings (SSSR count). The van der Waals surface area contributed by atoms with E-state index in [2.05, 4.69) is 6.07 Å². The lowest BCUT2D eigenvalue weighted by molar-refractivity contribution is -0.140. The van der Waals surface area contributed by atoms with Crippen molar-refractivity contribution >= 4 is 11.8 Å². The van der Waals surface area contributed by atoms with E-state index in [1.807, 2.05) is 4.90 Å². The van der Waals surface area contributed by atoms with E-state index in [1.54, 1.807) is 0 Å². The Kier molecular flexibility index (Phi) is 4.08. The highest BCUT2D eigenvalue weighted by molar-refractivity contribution is 5.86. The van der Waals surface area contributed by atoms with Gasteiger partial charge in [0.2, 0.25) is 11.8 Å². The van der Waals surface area contributed by atoms with Crippen LogP contribution in [0.15, 0.2) is 0 Å². The van der Waals surface area contributed by atoms with Crippen molar-refractivity contribution < 1.29 is 9.59 Å². The molecule has 5 heteroatoms. The number of likely N-dealkylation sites (tertiary alicyclic amines) is 1. The van der Waals surface area contributed by atoms with E-state index in [4.69, 9.17) is 5.73 Å². The quantitative estimate of drug-likeness (QED) is 0.829. The van der Waals surface area contributed by atoms with Crippen LogP contribution in [0.4, 0.5) is 0 Å². The molecule has 104 valence electrons. The van der Waals surface area contributed by atoms with Crippen molar-refractivity contribution in [2.24, 2.45) is 17.1 Å². The summed E-state index contributed by atoms with van der Waals surface area (Å²) in [6.45, 7) is 1.31. The Morgan fingerprint density at radius 2 is 1.84 bits per heavy atom. The molecule has 0 aromatic rings. The first-order valence-corrected chi connectivity index (χ1v) is 7.06. The largest absolute Gasteiger partial charge is 0.370 e. The first-order chi connectivity index (χ1) is 9.07. The minimum absolute atomic E-state index is 0.00465. The molecule has 5 nitrogen and oxygen atoms in total. The van der Waals surface area contributed by atoms with Gasteiger partial charge < -0.3 is 10.6 Å². The standard InChI is InChI=1S/C14H21N3O2/c15-10-14(5-1-2-6-14)13(19)17-7-3-11(4-8-17)9-12(16)18/h11H,1-9H2,(H2,16,18). The maximum absolute atomic E-state index is 12.5. The predicted octanol–water partition coefficient (Wildman–Crippen LogP) is 1.18. The summed E-state index contributed by atoms with van der Waals surface area (Å²) in [5, 5.41) is 9.33. The number of carbonyl (C=O) groups is 2. The van der Waals surface area contributed by atoms with Crippen molar-refractivity contribution in [1.29, 1.82) is 5.26 Å². The van der Waals surface area contributed by atoms with E-state index in [-0.39, 0.29) is 11.8 Å². The SMILES string of the molecule is N#CC1(C(=O)N2CCC(CC(N)=O)CC2)CCCC1. The summed E-state index contributed by atoms with van der Waals surface area (Å²) in [6.07, 6.45) is 5.37.